The average molecular weight is 276 g/mol. The number of ether oxygens (including phenoxy) is 1. The van der Waals surface area contributed by atoms with Crippen LogP contribution in [0.3, 0.4) is 0 Å². The molecule has 0 aromatic carbocycles. The Labute approximate surface area is 110 Å². The molecule has 1 aromatic heterocycles. The summed E-state index contributed by atoms with van der Waals surface area (Å²) in [6, 6.07) is 3.03. The van der Waals surface area contributed by atoms with Gasteiger partial charge in [-0.15, -0.1) is 0 Å². The van der Waals surface area contributed by atoms with Gasteiger partial charge in [0.25, 0.3) is 12.3 Å². The zero-order valence-corrected chi connectivity index (χ0v) is 10.8. The van der Waals surface area contributed by atoms with Gasteiger partial charge in [0, 0.05) is 26.4 Å². The Morgan fingerprint density at radius 1 is 1.53 bits per heavy atom. The maximum Gasteiger partial charge on any atom is 0.270 e. The summed E-state index contributed by atoms with van der Waals surface area (Å²) >= 11 is 0. The summed E-state index contributed by atoms with van der Waals surface area (Å²) in [6.45, 7) is 0.0510. The first-order chi connectivity index (χ1) is 9.10. The number of alkyl halides is 2. The summed E-state index contributed by atoms with van der Waals surface area (Å²) < 4.78 is 30.9. The molecule has 1 rings (SSSR count). The summed E-state index contributed by atoms with van der Waals surface area (Å²) in [4.78, 5) is 13.6. The van der Waals surface area contributed by atoms with E-state index in [9.17, 15) is 13.6 Å². The summed E-state index contributed by atoms with van der Waals surface area (Å²) in [5.41, 5.74) is 0.185. The molecule has 0 fully saturated rings. The van der Waals surface area contributed by atoms with Crippen molar-refractivity contribution < 1.29 is 23.4 Å². The fourth-order valence-electron chi connectivity index (χ4n) is 1.72. The molecule has 7 heteroatoms. The number of amides is 1. The van der Waals surface area contributed by atoms with Crippen molar-refractivity contribution in [1.82, 2.24) is 9.47 Å². The average Bonchev–Trinajstić information content (AvgIpc) is 2.80. The van der Waals surface area contributed by atoms with E-state index in [4.69, 9.17) is 9.84 Å². The van der Waals surface area contributed by atoms with Crippen LogP contribution in [0, 0.1) is 0 Å². The molecule has 0 atom stereocenters. The highest BCUT2D eigenvalue weighted by atomic mass is 19.3. The molecule has 19 heavy (non-hydrogen) atoms. The number of nitrogens with zero attached hydrogens (tertiary/aromatic N) is 2. The first kappa shape index (κ1) is 15.6. The molecule has 0 aliphatic carbocycles. The second-order valence-electron chi connectivity index (χ2n) is 3.95. The van der Waals surface area contributed by atoms with Crippen molar-refractivity contribution in [2.75, 3.05) is 33.4 Å². The molecule has 0 bridgehead atoms. The predicted molar refractivity (Wildman–Crippen MR) is 65.3 cm³/mol. The van der Waals surface area contributed by atoms with E-state index in [-0.39, 0.29) is 18.8 Å². The smallest absolute Gasteiger partial charge is 0.270 e. The van der Waals surface area contributed by atoms with Crippen LogP contribution >= 0.6 is 0 Å². The topological polar surface area (TPSA) is 54.7 Å². The van der Waals surface area contributed by atoms with Gasteiger partial charge in [-0.25, -0.2) is 8.78 Å². The van der Waals surface area contributed by atoms with Gasteiger partial charge < -0.3 is 19.3 Å². The third-order valence-electron chi connectivity index (χ3n) is 2.61. The fraction of sp³-hybridized carbons (Fsp3) is 0.583. The molecule has 1 heterocycles. The van der Waals surface area contributed by atoms with Gasteiger partial charge in [-0.3, -0.25) is 4.79 Å². The highest BCUT2D eigenvalue weighted by Gasteiger charge is 2.19. The van der Waals surface area contributed by atoms with Gasteiger partial charge in [0.1, 0.15) is 5.69 Å². The Kier molecular flexibility index (Phi) is 6.44. The van der Waals surface area contributed by atoms with Gasteiger partial charge in [0.05, 0.1) is 19.8 Å². The van der Waals surface area contributed by atoms with Crippen molar-refractivity contribution in [3.05, 3.63) is 24.0 Å². The summed E-state index contributed by atoms with van der Waals surface area (Å²) in [5, 5.41) is 8.94. The number of carbonyl (C=O) groups is 1. The minimum absolute atomic E-state index is 0.141. The third-order valence-corrected chi connectivity index (χ3v) is 2.61. The first-order valence-corrected chi connectivity index (χ1v) is 5.92. The van der Waals surface area contributed by atoms with E-state index in [2.05, 4.69) is 0 Å². The van der Waals surface area contributed by atoms with Crippen LogP contribution in [0.4, 0.5) is 8.78 Å². The molecule has 0 unspecified atom stereocenters. The van der Waals surface area contributed by atoms with Gasteiger partial charge in [-0.1, -0.05) is 0 Å². The lowest BCUT2D eigenvalue weighted by molar-refractivity contribution is 0.0638. The Bertz CT molecular complexity index is 396. The van der Waals surface area contributed by atoms with Gasteiger partial charge in [-0.2, -0.15) is 0 Å². The molecular formula is C12H18F2N2O3. The van der Waals surface area contributed by atoms with Crippen LogP contribution in [0.1, 0.15) is 10.5 Å². The molecule has 0 saturated heterocycles. The maximum absolute atomic E-state index is 12.4. The monoisotopic (exact) mass is 276 g/mol. The lowest BCUT2D eigenvalue weighted by Crippen LogP contribution is -2.37. The van der Waals surface area contributed by atoms with Crippen LogP contribution < -0.4 is 0 Å². The van der Waals surface area contributed by atoms with Crippen LogP contribution in [-0.2, 0) is 11.3 Å². The molecule has 0 aliphatic rings. The normalized spacial score (nSPS) is 11.0. The summed E-state index contributed by atoms with van der Waals surface area (Å²) in [6.07, 6.45) is -1.09. The fourth-order valence-corrected chi connectivity index (χ4v) is 1.72. The molecular weight excluding hydrogens is 258 g/mol. The third kappa shape index (κ3) is 4.60. The van der Waals surface area contributed by atoms with Gasteiger partial charge >= 0.3 is 0 Å². The molecule has 0 saturated carbocycles. The number of halogens is 2. The molecule has 108 valence electrons. The van der Waals surface area contributed by atoms with Crippen molar-refractivity contribution >= 4 is 5.91 Å². The minimum Gasteiger partial charge on any atom is -0.395 e. The van der Waals surface area contributed by atoms with Gasteiger partial charge in [0.15, 0.2) is 0 Å². The largest absolute Gasteiger partial charge is 0.395 e. The Morgan fingerprint density at radius 2 is 2.26 bits per heavy atom. The second-order valence-corrected chi connectivity index (χ2v) is 3.95. The van der Waals surface area contributed by atoms with Crippen LogP contribution in [0.15, 0.2) is 18.3 Å². The standard InChI is InChI=1S/C12H18F2N2O3/c1-19-8-6-15(5-7-17)12(18)10-3-2-4-16(10)9-11(13)14/h2-4,11,17H,5-9H2,1H3. The van der Waals surface area contributed by atoms with E-state index in [0.717, 1.165) is 0 Å². The number of rotatable bonds is 8. The minimum atomic E-state index is -2.52. The number of hydrogen-bond acceptors (Lipinski definition) is 3. The Hall–Kier alpha value is -1.47. The quantitative estimate of drug-likeness (QED) is 0.765. The van der Waals surface area contributed by atoms with Crippen molar-refractivity contribution in [3.63, 3.8) is 0 Å². The number of carbonyl (C=O) groups excluding carboxylic acids is 1. The van der Waals surface area contributed by atoms with E-state index in [0.29, 0.717) is 13.2 Å². The van der Waals surface area contributed by atoms with Crippen molar-refractivity contribution in [2.24, 2.45) is 0 Å². The second kappa shape index (κ2) is 7.85. The molecule has 1 amide bonds. The zero-order chi connectivity index (χ0) is 14.3. The lowest BCUT2D eigenvalue weighted by Gasteiger charge is -2.22. The predicted octanol–water partition coefficient (Wildman–Crippen LogP) is 0.834. The SMILES string of the molecule is COCCN(CCO)C(=O)c1cccn1CC(F)F. The molecule has 5 nitrogen and oxygen atoms in total. The molecule has 1 N–H and O–H groups in total. The number of aliphatic hydroxyl groups is 1. The zero-order valence-electron chi connectivity index (χ0n) is 10.8. The van der Waals surface area contributed by atoms with Crippen molar-refractivity contribution in [3.8, 4) is 0 Å². The van der Waals surface area contributed by atoms with E-state index in [1.165, 1.54) is 28.8 Å². The van der Waals surface area contributed by atoms with Crippen molar-refractivity contribution in [1.29, 1.82) is 0 Å². The van der Waals surface area contributed by atoms with E-state index in [1.54, 1.807) is 6.07 Å². The van der Waals surface area contributed by atoms with Gasteiger partial charge in [0.2, 0.25) is 0 Å². The summed E-state index contributed by atoms with van der Waals surface area (Å²) in [7, 11) is 1.50. The van der Waals surface area contributed by atoms with E-state index >= 15 is 0 Å². The Morgan fingerprint density at radius 3 is 2.84 bits per heavy atom. The number of aliphatic hydroxyl groups excluding tert-OH is 1. The molecule has 1 aromatic rings. The number of methoxy groups -OCH3 is 1. The molecule has 0 aliphatic heterocycles. The van der Waals surface area contributed by atoms with Crippen LogP contribution in [0.25, 0.3) is 0 Å². The van der Waals surface area contributed by atoms with E-state index in [1.807, 2.05) is 0 Å². The van der Waals surface area contributed by atoms with Crippen LogP contribution in [0.5, 0.6) is 0 Å². The number of hydrogen-bond donors (Lipinski definition) is 1. The highest BCUT2D eigenvalue weighted by Crippen LogP contribution is 2.09. The maximum atomic E-state index is 12.4. The first-order valence-electron chi connectivity index (χ1n) is 5.92. The highest BCUT2D eigenvalue weighted by molar-refractivity contribution is 5.92. The lowest BCUT2D eigenvalue weighted by atomic mass is 10.3. The Balaban J connectivity index is 2.80. The summed E-state index contributed by atoms with van der Waals surface area (Å²) in [5.74, 6) is -0.392. The van der Waals surface area contributed by atoms with Crippen LogP contribution in [-0.4, -0.2) is 60.3 Å². The molecule has 0 radical (unpaired) electrons. The van der Waals surface area contributed by atoms with Crippen molar-refractivity contribution in [2.45, 2.75) is 13.0 Å². The van der Waals surface area contributed by atoms with E-state index < -0.39 is 18.9 Å². The van der Waals surface area contributed by atoms with Gasteiger partial charge in [-0.05, 0) is 12.1 Å². The number of aromatic nitrogens is 1. The molecule has 0 spiro atoms. The van der Waals surface area contributed by atoms with Crippen LogP contribution in [0.2, 0.25) is 0 Å².